The summed E-state index contributed by atoms with van der Waals surface area (Å²) in [6.45, 7) is 1.65. The molecule has 3 N–H and O–H groups in total. The SMILES string of the molecule is Cc1nc(OC2CCC2)ccc1Oc1ncc(C(F)(F)F)cc1C(=O)Nc1ccc(C(N)=O)cc1. The number of benzene rings is 1. The monoisotopic (exact) mass is 486 g/mol. The average molecular weight is 486 g/mol. The predicted molar refractivity (Wildman–Crippen MR) is 119 cm³/mol. The Morgan fingerprint density at radius 2 is 1.83 bits per heavy atom. The molecule has 8 nitrogen and oxygen atoms in total. The lowest BCUT2D eigenvalue weighted by Crippen LogP contribution is -2.25. The minimum Gasteiger partial charge on any atom is -0.474 e. The molecule has 3 aromatic rings. The van der Waals surface area contributed by atoms with Crippen molar-refractivity contribution in [2.75, 3.05) is 5.32 Å². The van der Waals surface area contributed by atoms with Gasteiger partial charge in [-0.2, -0.15) is 13.2 Å². The Bertz CT molecular complexity index is 1260. The van der Waals surface area contributed by atoms with Crippen LogP contribution in [0.25, 0.3) is 0 Å². The Morgan fingerprint density at radius 1 is 1.11 bits per heavy atom. The first-order valence-corrected chi connectivity index (χ1v) is 10.7. The van der Waals surface area contributed by atoms with Gasteiger partial charge in [-0.1, -0.05) is 0 Å². The van der Waals surface area contributed by atoms with E-state index in [2.05, 4.69) is 15.3 Å². The summed E-state index contributed by atoms with van der Waals surface area (Å²) in [5, 5.41) is 2.47. The zero-order chi connectivity index (χ0) is 25.2. The van der Waals surface area contributed by atoms with E-state index < -0.39 is 29.1 Å². The van der Waals surface area contributed by atoms with Gasteiger partial charge in [-0.15, -0.1) is 0 Å². The van der Waals surface area contributed by atoms with E-state index in [-0.39, 0.29) is 29.0 Å². The predicted octanol–water partition coefficient (Wildman–Crippen LogP) is 4.88. The average Bonchev–Trinajstić information content (AvgIpc) is 2.77. The fourth-order valence-electron chi connectivity index (χ4n) is 3.23. The van der Waals surface area contributed by atoms with Gasteiger partial charge < -0.3 is 20.5 Å². The van der Waals surface area contributed by atoms with Crippen LogP contribution >= 0.6 is 0 Å². The maximum Gasteiger partial charge on any atom is 0.417 e. The number of aromatic nitrogens is 2. The van der Waals surface area contributed by atoms with Gasteiger partial charge in [0.1, 0.15) is 11.7 Å². The number of halogens is 3. The summed E-state index contributed by atoms with van der Waals surface area (Å²) in [4.78, 5) is 32.2. The maximum atomic E-state index is 13.3. The van der Waals surface area contributed by atoms with Crippen molar-refractivity contribution >= 4 is 17.5 Å². The highest BCUT2D eigenvalue weighted by atomic mass is 19.4. The molecule has 0 spiro atoms. The number of hydrogen-bond acceptors (Lipinski definition) is 6. The summed E-state index contributed by atoms with van der Waals surface area (Å²) in [6.07, 6.45) is -0.995. The molecule has 0 unspecified atom stereocenters. The normalized spacial score (nSPS) is 13.6. The summed E-state index contributed by atoms with van der Waals surface area (Å²) < 4.78 is 51.3. The molecule has 2 aromatic heterocycles. The van der Waals surface area contributed by atoms with Gasteiger partial charge in [-0.3, -0.25) is 9.59 Å². The number of nitrogens with two attached hydrogens (primary N) is 1. The third kappa shape index (κ3) is 5.68. The Labute approximate surface area is 198 Å². The molecule has 1 aliphatic rings. The first-order valence-electron chi connectivity index (χ1n) is 10.7. The molecule has 35 heavy (non-hydrogen) atoms. The largest absolute Gasteiger partial charge is 0.474 e. The minimum atomic E-state index is -4.72. The standard InChI is InChI=1S/C24H21F3N4O4/c1-13-19(9-10-20(30-13)34-17-3-2-4-17)35-23-18(11-15(12-29-23)24(25,26)27)22(33)31-16-7-5-14(6-8-16)21(28)32/h5-12,17H,2-4H2,1H3,(H2,28,32)(H,31,33). The van der Waals surface area contributed by atoms with Crippen molar-refractivity contribution in [3.8, 4) is 17.5 Å². The number of anilines is 1. The van der Waals surface area contributed by atoms with Gasteiger partial charge in [0, 0.05) is 23.5 Å². The fraction of sp³-hybridized carbons (Fsp3) is 0.250. The summed E-state index contributed by atoms with van der Waals surface area (Å²) in [5.41, 5.74) is 4.50. The van der Waals surface area contributed by atoms with Crippen molar-refractivity contribution in [1.29, 1.82) is 0 Å². The molecule has 11 heteroatoms. The Kier molecular flexibility index (Phi) is 6.59. The molecule has 1 fully saturated rings. The lowest BCUT2D eigenvalue weighted by atomic mass is 9.96. The van der Waals surface area contributed by atoms with E-state index in [0.29, 0.717) is 23.8 Å². The molecule has 1 aromatic carbocycles. The van der Waals surface area contributed by atoms with Crippen LogP contribution in [-0.2, 0) is 6.18 Å². The van der Waals surface area contributed by atoms with Gasteiger partial charge >= 0.3 is 6.18 Å². The van der Waals surface area contributed by atoms with Crippen LogP contribution in [0.2, 0.25) is 0 Å². The van der Waals surface area contributed by atoms with Crippen LogP contribution in [0.1, 0.15) is 51.2 Å². The Balaban J connectivity index is 1.60. The number of aryl methyl sites for hydroxylation is 1. The van der Waals surface area contributed by atoms with E-state index in [4.69, 9.17) is 15.2 Å². The fourth-order valence-corrected chi connectivity index (χ4v) is 3.23. The van der Waals surface area contributed by atoms with Gasteiger partial charge in [0.15, 0.2) is 5.75 Å². The quantitative estimate of drug-likeness (QED) is 0.492. The van der Waals surface area contributed by atoms with Crippen LogP contribution in [0.4, 0.5) is 18.9 Å². The number of carbonyl (C=O) groups excluding carboxylic acids is 2. The summed E-state index contributed by atoms with van der Waals surface area (Å²) >= 11 is 0. The van der Waals surface area contributed by atoms with Gasteiger partial charge in [0.2, 0.25) is 17.7 Å². The maximum absolute atomic E-state index is 13.3. The second-order valence-corrected chi connectivity index (χ2v) is 7.98. The molecule has 2 heterocycles. The lowest BCUT2D eigenvalue weighted by molar-refractivity contribution is -0.137. The molecular formula is C24H21F3N4O4. The van der Waals surface area contributed by atoms with Crippen molar-refractivity contribution < 1.29 is 32.2 Å². The molecule has 0 aliphatic heterocycles. The van der Waals surface area contributed by atoms with Crippen molar-refractivity contribution in [1.82, 2.24) is 9.97 Å². The topological polar surface area (TPSA) is 116 Å². The van der Waals surface area contributed by atoms with Crippen LogP contribution in [0, 0.1) is 6.92 Å². The third-order valence-electron chi connectivity index (χ3n) is 5.41. The van der Waals surface area contributed by atoms with E-state index in [1.807, 2.05) is 0 Å². The van der Waals surface area contributed by atoms with Crippen molar-refractivity contribution in [2.45, 2.75) is 38.5 Å². The molecule has 1 aliphatic carbocycles. The second kappa shape index (κ2) is 9.61. The number of hydrogen-bond donors (Lipinski definition) is 2. The van der Waals surface area contributed by atoms with E-state index in [0.717, 1.165) is 19.3 Å². The minimum absolute atomic E-state index is 0.123. The van der Waals surface area contributed by atoms with E-state index in [1.165, 1.54) is 24.3 Å². The van der Waals surface area contributed by atoms with Crippen LogP contribution in [0.5, 0.6) is 17.5 Å². The number of nitrogens with one attached hydrogen (secondary N) is 1. The smallest absolute Gasteiger partial charge is 0.417 e. The van der Waals surface area contributed by atoms with Gasteiger partial charge in [0.25, 0.3) is 5.91 Å². The highest BCUT2D eigenvalue weighted by molar-refractivity contribution is 6.06. The van der Waals surface area contributed by atoms with Crippen LogP contribution in [0.3, 0.4) is 0 Å². The lowest BCUT2D eigenvalue weighted by Gasteiger charge is -2.25. The highest BCUT2D eigenvalue weighted by Gasteiger charge is 2.33. The second-order valence-electron chi connectivity index (χ2n) is 7.98. The Hall–Kier alpha value is -4.15. The molecule has 182 valence electrons. The first-order chi connectivity index (χ1) is 16.6. The summed E-state index contributed by atoms with van der Waals surface area (Å²) in [5.74, 6) is -1.26. The zero-order valence-electron chi connectivity index (χ0n) is 18.6. The number of ether oxygens (including phenoxy) is 2. The number of primary amides is 1. The summed E-state index contributed by atoms with van der Waals surface area (Å²) in [6, 6.07) is 9.35. The third-order valence-corrected chi connectivity index (χ3v) is 5.41. The van der Waals surface area contributed by atoms with Crippen molar-refractivity contribution in [3.05, 3.63) is 71.0 Å². The van der Waals surface area contributed by atoms with Crippen LogP contribution < -0.4 is 20.5 Å². The van der Waals surface area contributed by atoms with Crippen molar-refractivity contribution in [2.24, 2.45) is 5.73 Å². The molecular weight excluding hydrogens is 465 g/mol. The Morgan fingerprint density at radius 3 is 2.40 bits per heavy atom. The van der Waals surface area contributed by atoms with Gasteiger partial charge in [-0.25, -0.2) is 9.97 Å². The van der Waals surface area contributed by atoms with E-state index >= 15 is 0 Å². The highest BCUT2D eigenvalue weighted by Crippen LogP contribution is 2.34. The van der Waals surface area contributed by atoms with E-state index in [1.54, 1.807) is 19.1 Å². The number of pyridine rings is 2. The van der Waals surface area contributed by atoms with Crippen molar-refractivity contribution in [3.63, 3.8) is 0 Å². The molecule has 1 saturated carbocycles. The summed E-state index contributed by atoms with van der Waals surface area (Å²) in [7, 11) is 0. The van der Waals surface area contributed by atoms with E-state index in [9.17, 15) is 22.8 Å². The first kappa shape index (κ1) is 24.0. The van der Waals surface area contributed by atoms with Gasteiger partial charge in [0.05, 0.1) is 11.3 Å². The van der Waals surface area contributed by atoms with Crippen LogP contribution in [0.15, 0.2) is 48.7 Å². The number of rotatable bonds is 7. The zero-order valence-corrected chi connectivity index (χ0v) is 18.6. The van der Waals surface area contributed by atoms with Gasteiger partial charge in [-0.05, 0) is 62.6 Å². The molecule has 0 radical (unpaired) electrons. The molecule has 0 bridgehead atoms. The molecule has 2 amide bonds. The number of carbonyl (C=O) groups is 2. The molecule has 0 saturated heterocycles. The molecule has 0 atom stereocenters. The molecule has 4 rings (SSSR count). The van der Waals surface area contributed by atoms with Crippen LogP contribution in [-0.4, -0.2) is 27.9 Å². The number of alkyl halides is 3. The number of nitrogens with zero attached hydrogens (tertiary/aromatic N) is 2. The number of amides is 2.